The Balaban J connectivity index is 1.15. The Kier molecular flexibility index (Phi) is 8.72. The van der Waals surface area contributed by atoms with Crippen molar-refractivity contribution in [3.8, 4) is 0 Å². The molecule has 50 heavy (non-hydrogen) atoms. The molecule has 1 aliphatic carbocycles. The van der Waals surface area contributed by atoms with Crippen LogP contribution in [0, 0.1) is 0 Å². The van der Waals surface area contributed by atoms with E-state index in [4.69, 9.17) is 12.2 Å². The summed E-state index contributed by atoms with van der Waals surface area (Å²) in [5.74, 6) is 0.153. The fraction of sp³-hybridized carbons (Fsp3) is 0.171. The molecule has 1 saturated carbocycles. The lowest BCUT2D eigenvalue weighted by Gasteiger charge is -2.27. The first-order valence-corrected chi connectivity index (χ1v) is 18.7. The second kappa shape index (κ2) is 13.5. The van der Waals surface area contributed by atoms with Crippen molar-refractivity contribution in [1.82, 2.24) is 9.47 Å². The quantitative estimate of drug-likeness (QED) is 0.104. The number of hydrogen-bond donors (Lipinski definition) is 0. The van der Waals surface area contributed by atoms with Crippen LogP contribution in [0.3, 0.4) is 0 Å². The van der Waals surface area contributed by atoms with Crippen LogP contribution in [0.1, 0.15) is 53.0 Å². The van der Waals surface area contributed by atoms with Gasteiger partial charge in [0.15, 0.2) is 0 Å². The number of fused-ring (bicyclic) bond motifs is 3. The average molecular weight is 712 g/mol. The maximum Gasteiger partial charge on any atom is 0.269 e. The Bertz CT molecular complexity index is 2320. The largest absolute Gasteiger partial charge is 0.338 e. The molecule has 8 rings (SSSR count). The maximum absolute atomic E-state index is 13.5. The lowest BCUT2D eigenvalue weighted by molar-refractivity contribution is -0.119. The number of thiazole rings is 1. The highest BCUT2D eigenvalue weighted by atomic mass is 32.2. The minimum Gasteiger partial charge on any atom is -0.338 e. The minimum atomic E-state index is -0.281. The highest BCUT2D eigenvalue weighted by molar-refractivity contribution is 8.30. The van der Waals surface area contributed by atoms with E-state index in [1.165, 1.54) is 72.6 Å². The van der Waals surface area contributed by atoms with Crippen LogP contribution >= 0.6 is 35.3 Å². The summed E-state index contributed by atoms with van der Waals surface area (Å²) in [7, 11) is 1.62. The van der Waals surface area contributed by atoms with Crippen LogP contribution in [-0.2, 0) is 16.1 Å². The van der Waals surface area contributed by atoms with Crippen LogP contribution in [-0.4, -0.2) is 39.1 Å². The highest BCUT2D eigenvalue weighted by Gasteiger charge is 2.42. The summed E-state index contributed by atoms with van der Waals surface area (Å²) in [5.41, 5.74) is 9.02. The molecule has 6 nitrogen and oxygen atoms in total. The lowest BCUT2D eigenvalue weighted by atomic mass is 9.95. The third-order valence-electron chi connectivity index (χ3n) is 9.79. The van der Waals surface area contributed by atoms with Gasteiger partial charge in [-0.25, -0.2) is 0 Å². The van der Waals surface area contributed by atoms with Crippen molar-refractivity contribution in [2.75, 3.05) is 11.9 Å². The zero-order valence-electron chi connectivity index (χ0n) is 27.3. The van der Waals surface area contributed by atoms with Gasteiger partial charge in [0.05, 0.1) is 11.1 Å². The monoisotopic (exact) mass is 711 g/mol. The van der Waals surface area contributed by atoms with Gasteiger partial charge in [0, 0.05) is 30.4 Å². The van der Waals surface area contributed by atoms with E-state index in [2.05, 4.69) is 102 Å². The first-order chi connectivity index (χ1) is 24.4. The number of hydrogen-bond acceptors (Lipinski definition) is 7. The molecule has 1 aromatic heterocycles. The second-order valence-electron chi connectivity index (χ2n) is 12.7. The standard InChI is InChI=1S/C41H33N3O3S3/c1-42-39(47)37(50-41(42)48)40-43(21-22-45)38(46)36(49-40)25-27-17-20-35-33(24-27)31-13-8-14-34(31)44(35)30-18-15-26(16-19-30)23-32(28-9-4-2-5-10-28)29-11-6-3-7-12-29/h2-7,9-12,15-20,22-25,31,34H,8,13-14,21H2,1H3/b36-25-,40-37+. The van der Waals surface area contributed by atoms with Gasteiger partial charge in [-0.2, -0.15) is 0 Å². The molecular formula is C41H33N3O3S3. The molecule has 5 aromatic rings. The smallest absolute Gasteiger partial charge is 0.269 e. The van der Waals surface area contributed by atoms with Crippen LogP contribution in [0.2, 0.25) is 0 Å². The molecule has 9 heteroatoms. The van der Waals surface area contributed by atoms with E-state index in [1.54, 1.807) is 7.05 Å². The summed E-state index contributed by atoms with van der Waals surface area (Å²) in [6.45, 7) is -0.121. The van der Waals surface area contributed by atoms with Crippen molar-refractivity contribution >= 4 is 85.8 Å². The molecule has 2 fully saturated rings. The molecule has 3 heterocycles. The van der Waals surface area contributed by atoms with Gasteiger partial charge >= 0.3 is 0 Å². The van der Waals surface area contributed by atoms with Crippen molar-refractivity contribution in [1.29, 1.82) is 0 Å². The highest BCUT2D eigenvalue weighted by Crippen LogP contribution is 2.52. The van der Waals surface area contributed by atoms with Crippen molar-refractivity contribution < 1.29 is 9.59 Å². The number of aromatic nitrogens is 1. The molecule has 248 valence electrons. The van der Waals surface area contributed by atoms with Gasteiger partial charge in [0.2, 0.25) is 0 Å². The zero-order chi connectivity index (χ0) is 34.4. The topological polar surface area (TPSA) is 62.6 Å². The molecule has 2 atom stereocenters. The Morgan fingerprint density at radius 1 is 0.880 bits per heavy atom. The van der Waals surface area contributed by atoms with E-state index < -0.39 is 0 Å². The fourth-order valence-corrected chi connectivity index (χ4v) is 9.86. The molecule has 0 bridgehead atoms. The van der Waals surface area contributed by atoms with Gasteiger partial charge in [-0.3, -0.25) is 19.1 Å². The number of thioether (sulfide) groups is 1. The summed E-state index contributed by atoms with van der Waals surface area (Å²) < 4.78 is 2.76. The summed E-state index contributed by atoms with van der Waals surface area (Å²) in [6, 6.07) is 36.7. The first kappa shape index (κ1) is 32.4. The number of amides is 1. The van der Waals surface area contributed by atoms with Crippen molar-refractivity contribution in [2.45, 2.75) is 37.8 Å². The first-order valence-electron chi connectivity index (χ1n) is 16.7. The van der Waals surface area contributed by atoms with Crippen LogP contribution in [0.25, 0.3) is 22.6 Å². The van der Waals surface area contributed by atoms with Crippen LogP contribution in [0.4, 0.5) is 11.4 Å². The minimum absolute atomic E-state index is 0.121. The number of benzene rings is 4. The van der Waals surface area contributed by atoms with E-state index in [-0.39, 0.29) is 18.0 Å². The molecule has 0 N–H and O–H groups in total. The zero-order valence-corrected chi connectivity index (χ0v) is 29.8. The number of aldehydes is 1. The van der Waals surface area contributed by atoms with E-state index >= 15 is 0 Å². The van der Waals surface area contributed by atoms with Gasteiger partial charge in [-0.05, 0) is 82.6 Å². The van der Waals surface area contributed by atoms with E-state index in [1.807, 2.05) is 18.2 Å². The Morgan fingerprint density at radius 3 is 2.20 bits per heavy atom. The van der Waals surface area contributed by atoms with Crippen LogP contribution in [0.15, 0.2) is 108 Å². The summed E-state index contributed by atoms with van der Waals surface area (Å²) in [5, 5.41) is 0. The summed E-state index contributed by atoms with van der Waals surface area (Å²) in [6.07, 6.45) is 8.25. The molecule has 2 unspecified atom stereocenters. The number of nitrogens with zero attached hydrogens (tertiary/aromatic N) is 3. The van der Waals surface area contributed by atoms with Gasteiger partial charge < -0.3 is 9.69 Å². The second-order valence-corrected chi connectivity index (χ2v) is 15.4. The average Bonchev–Trinajstić information content (AvgIpc) is 3.88. The molecule has 1 amide bonds. The van der Waals surface area contributed by atoms with Crippen molar-refractivity contribution in [2.24, 2.45) is 0 Å². The van der Waals surface area contributed by atoms with Gasteiger partial charge in [0.1, 0.15) is 20.2 Å². The van der Waals surface area contributed by atoms with Gasteiger partial charge in [-0.1, -0.05) is 109 Å². The predicted molar refractivity (Wildman–Crippen MR) is 209 cm³/mol. The number of carbonyl (C=O) groups excluding carboxylic acids is 2. The Morgan fingerprint density at radius 2 is 1.56 bits per heavy atom. The summed E-state index contributed by atoms with van der Waals surface area (Å²) >= 11 is 7.72. The number of anilines is 2. The SMILES string of the molecule is CN1C(=O)/C(=c2\s/c(=C\c3ccc4c(c3)C3CCCC3N4c3ccc(C=C(c4ccccc4)c4ccccc4)cc3)c(=O)n2CC=O)SC1=S. The van der Waals surface area contributed by atoms with E-state index in [0.29, 0.717) is 36.7 Å². The van der Waals surface area contributed by atoms with E-state index in [9.17, 15) is 14.4 Å². The lowest BCUT2D eigenvalue weighted by Crippen LogP contribution is -2.33. The molecule has 1 saturated heterocycles. The van der Waals surface area contributed by atoms with Crippen molar-refractivity contribution in [3.63, 3.8) is 0 Å². The number of carbonyl (C=O) groups is 2. The van der Waals surface area contributed by atoms with Gasteiger partial charge in [-0.15, -0.1) is 11.3 Å². The molecule has 2 aliphatic heterocycles. The third-order valence-corrected chi connectivity index (χ3v) is 12.6. The molecule has 3 aliphatic rings. The van der Waals surface area contributed by atoms with E-state index in [0.717, 1.165) is 24.0 Å². The van der Waals surface area contributed by atoms with Crippen LogP contribution < -0.4 is 19.7 Å². The maximum atomic E-state index is 13.5. The predicted octanol–water partition coefficient (Wildman–Crippen LogP) is 6.91. The third kappa shape index (κ3) is 5.79. The molecular weight excluding hydrogens is 679 g/mol. The number of rotatable bonds is 7. The fourth-order valence-electron chi connectivity index (χ4n) is 7.42. The van der Waals surface area contributed by atoms with Crippen LogP contribution in [0.5, 0.6) is 0 Å². The molecule has 0 spiro atoms. The molecule has 0 radical (unpaired) electrons. The number of thiocarbonyl (C=S) groups is 1. The normalized spacial score (nSPS) is 19.6. The Hall–Kier alpha value is -4.83. The van der Waals surface area contributed by atoms with Crippen molar-refractivity contribution in [3.05, 3.63) is 150 Å². The molecule has 4 aromatic carbocycles. The summed E-state index contributed by atoms with van der Waals surface area (Å²) in [4.78, 5) is 42.2. The Labute approximate surface area is 303 Å². The van der Waals surface area contributed by atoms with Gasteiger partial charge in [0.25, 0.3) is 11.5 Å².